The summed E-state index contributed by atoms with van der Waals surface area (Å²) in [4.78, 5) is 23.8. The summed E-state index contributed by atoms with van der Waals surface area (Å²) in [7, 11) is 0. The van der Waals surface area contributed by atoms with E-state index >= 15 is 0 Å². The summed E-state index contributed by atoms with van der Waals surface area (Å²) in [6, 6.07) is 5.35. The SMILES string of the molecule is CC(=O)Oc1ccc2c(c1)CCN2C(C)=O. The molecule has 1 aromatic rings. The van der Waals surface area contributed by atoms with Crippen molar-refractivity contribution in [2.24, 2.45) is 0 Å². The number of amides is 1. The van der Waals surface area contributed by atoms with Crippen molar-refractivity contribution in [2.45, 2.75) is 20.3 Å². The van der Waals surface area contributed by atoms with Gasteiger partial charge in [-0.3, -0.25) is 9.59 Å². The third-order valence-corrected chi connectivity index (χ3v) is 2.59. The molecule has 0 bridgehead atoms. The van der Waals surface area contributed by atoms with Crippen molar-refractivity contribution in [2.75, 3.05) is 11.4 Å². The van der Waals surface area contributed by atoms with E-state index in [1.54, 1.807) is 17.9 Å². The molecule has 1 amide bonds. The Hall–Kier alpha value is -1.84. The van der Waals surface area contributed by atoms with Gasteiger partial charge in [0.1, 0.15) is 5.75 Å². The summed E-state index contributed by atoms with van der Waals surface area (Å²) in [5.74, 6) is 0.247. The lowest BCUT2D eigenvalue weighted by Gasteiger charge is -2.14. The van der Waals surface area contributed by atoms with Crippen LogP contribution in [-0.4, -0.2) is 18.4 Å². The summed E-state index contributed by atoms with van der Waals surface area (Å²) in [6.45, 7) is 3.62. The Kier molecular flexibility index (Phi) is 2.64. The molecule has 84 valence electrons. The number of carbonyl (C=O) groups is 2. The first-order chi connectivity index (χ1) is 7.58. The maximum atomic E-state index is 11.3. The molecular formula is C12H13NO3. The van der Waals surface area contributed by atoms with E-state index in [0.29, 0.717) is 12.3 Å². The maximum Gasteiger partial charge on any atom is 0.308 e. The number of esters is 1. The molecule has 16 heavy (non-hydrogen) atoms. The molecule has 1 aromatic carbocycles. The maximum absolute atomic E-state index is 11.3. The van der Waals surface area contributed by atoms with Crippen LogP contribution in [0.15, 0.2) is 18.2 Å². The molecule has 1 aliphatic rings. The van der Waals surface area contributed by atoms with Gasteiger partial charge in [0.05, 0.1) is 0 Å². The van der Waals surface area contributed by atoms with Crippen LogP contribution in [-0.2, 0) is 16.0 Å². The zero-order chi connectivity index (χ0) is 11.7. The Morgan fingerprint density at radius 2 is 2.06 bits per heavy atom. The second-order valence-corrected chi connectivity index (χ2v) is 3.80. The lowest BCUT2D eigenvalue weighted by atomic mass is 10.1. The van der Waals surface area contributed by atoms with E-state index in [1.807, 2.05) is 12.1 Å². The number of benzene rings is 1. The third kappa shape index (κ3) is 1.91. The Balaban J connectivity index is 2.29. The van der Waals surface area contributed by atoms with Crippen LogP contribution in [0.25, 0.3) is 0 Å². The van der Waals surface area contributed by atoms with E-state index in [1.165, 1.54) is 6.92 Å². The summed E-state index contributed by atoms with van der Waals surface area (Å²) >= 11 is 0. The van der Waals surface area contributed by atoms with Crippen molar-refractivity contribution in [3.63, 3.8) is 0 Å². The van der Waals surface area contributed by atoms with Crippen LogP contribution in [0.5, 0.6) is 5.75 Å². The number of anilines is 1. The minimum Gasteiger partial charge on any atom is -0.427 e. The molecule has 1 aliphatic heterocycles. The third-order valence-electron chi connectivity index (χ3n) is 2.59. The largest absolute Gasteiger partial charge is 0.427 e. The molecule has 2 rings (SSSR count). The van der Waals surface area contributed by atoms with Crippen LogP contribution in [0.3, 0.4) is 0 Å². The van der Waals surface area contributed by atoms with Crippen LogP contribution in [0.4, 0.5) is 5.69 Å². The van der Waals surface area contributed by atoms with E-state index in [0.717, 1.165) is 17.7 Å². The van der Waals surface area contributed by atoms with Gasteiger partial charge in [-0.1, -0.05) is 0 Å². The zero-order valence-corrected chi connectivity index (χ0v) is 9.32. The lowest BCUT2D eigenvalue weighted by Crippen LogP contribution is -2.25. The minimum atomic E-state index is -0.332. The predicted molar refractivity (Wildman–Crippen MR) is 59.5 cm³/mol. The van der Waals surface area contributed by atoms with E-state index in [2.05, 4.69) is 0 Å². The summed E-state index contributed by atoms with van der Waals surface area (Å²) in [6.07, 6.45) is 0.810. The highest BCUT2D eigenvalue weighted by Gasteiger charge is 2.22. The summed E-state index contributed by atoms with van der Waals surface area (Å²) < 4.78 is 4.99. The second-order valence-electron chi connectivity index (χ2n) is 3.80. The molecule has 4 heteroatoms. The zero-order valence-electron chi connectivity index (χ0n) is 9.32. The number of hydrogen-bond acceptors (Lipinski definition) is 3. The van der Waals surface area contributed by atoms with Crippen molar-refractivity contribution >= 4 is 17.6 Å². The van der Waals surface area contributed by atoms with E-state index in [4.69, 9.17) is 4.74 Å². The van der Waals surface area contributed by atoms with Crippen LogP contribution in [0.2, 0.25) is 0 Å². The topological polar surface area (TPSA) is 46.6 Å². The molecule has 0 unspecified atom stereocenters. The molecular weight excluding hydrogens is 206 g/mol. The normalized spacial score (nSPS) is 13.5. The smallest absolute Gasteiger partial charge is 0.308 e. The van der Waals surface area contributed by atoms with Gasteiger partial charge in [-0.2, -0.15) is 0 Å². The van der Waals surface area contributed by atoms with Gasteiger partial charge in [0, 0.05) is 26.1 Å². The van der Waals surface area contributed by atoms with Crippen molar-refractivity contribution in [1.29, 1.82) is 0 Å². The van der Waals surface area contributed by atoms with Gasteiger partial charge in [0.2, 0.25) is 5.91 Å². The van der Waals surface area contributed by atoms with Crippen molar-refractivity contribution in [1.82, 2.24) is 0 Å². The highest BCUT2D eigenvalue weighted by Crippen LogP contribution is 2.31. The first-order valence-electron chi connectivity index (χ1n) is 5.17. The molecule has 0 aliphatic carbocycles. The fourth-order valence-corrected chi connectivity index (χ4v) is 1.93. The fourth-order valence-electron chi connectivity index (χ4n) is 1.93. The van der Waals surface area contributed by atoms with Crippen molar-refractivity contribution < 1.29 is 14.3 Å². The highest BCUT2D eigenvalue weighted by atomic mass is 16.5. The van der Waals surface area contributed by atoms with E-state index < -0.39 is 0 Å². The molecule has 0 saturated carbocycles. The second kappa shape index (κ2) is 3.96. The van der Waals surface area contributed by atoms with Gasteiger partial charge < -0.3 is 9.64 Å². The van der Waals surface area contributed by atoms with E-state index in [9.17, 15) is 9.59 Å². The van der Waals surface area contributed by atoms with Crippen LogP contribution < -0.4 is 9.64 Å². The van der Waals surface area contributed by atoms with Crippen molar-refractivity contribution in [3.8, 4) is 5.75 Å². The standard InChI is InChI=1S/C12H13NO3/c1-8(14)13-6-5-10-7-11(16-9(2)15)3-4-12(10)13/h3-4,7H,5-6H2,1-2H3. The Bertz CT molecular complexity index is 454. The molecule has 1 heterocycles. The number of nitrogens with zero attached hydrogens (tertiary/aromatic N) is 1. The number of ether oxygens (including phenoxy) is 1. The molecule has 0 saturated heterocycles. The average Bonchev–Trinajstić information content (AvgIpc) is 2.59. The molecule has 4 nitrogen and oxygen atoms in total. The van der Waals surface area contributed by atoms with Crippen LogP contribution in [0.1, 0.15) is 19.4 Å². The van der Waals surface area contributed by atoms with Gasteiger partial charge in [-0.25, -0.2) is 0 Å². The fraction of sp³-hybridized carbons (Fsp3) is 0.333. The number of fused-ring (bicyclic) bond motifs is 1. The van der Waals surface area contributed by atoms with E-state index in [-0.39, 0.29) is 11.9 Å². The summed E-state index contributed by atoms with van der Waals surface area (Å²) in [5.41, 5.74) is 1.97. The summed E-state index contributed by atoms with van der Waals surface area (Å²) in [5, 5.41) is 0. The first kappa shape index (κ1) is 10.7. The van der Waals surface area contributed by atoms with Crippen molar-refractivity contribution in [3.05, 3.63) is 23.8 Å². The predicted octanol–water partition coefficient (Wildman–Crippen LogP) is 1.52. The van der Waals surface area contributed by atoms with Gasteiger partial charge in [-0.05, 0) is 30.2 Å². The minimum absolute atomic E-state index is 0.0407. The van der Waals surface area contributed by atoms with Crippen LogP contribution >= 0.6 is 0 Å². The van der Waals surface area contributed by atoms with Gasteiger partial charge in [0.15, 0.2) is 0 Å². The molecule has 0 aromatic heterocycles. The highest BCUT2D eigenvalue weighted by molar-refractivity contribution is 5.93. The molecule has 0 radical (unpaired) electrons. The van der Waals surface area contributed by atoms with Gasteiger partial charge >= 0.3 is 5.97 Å². The Morgan fingerprint density at radius 1 is 1.31 bits per heavy atom. The molecule has 0 atom stereocenters. The van der Waals surface area contributed by atoms with Gasteiger partial charge in [0.25, 0.3) is 0 Å². The Morgan fingerprint density at radius 3 is 2.69 bits per heavy atom. The number of hydrogen-bond donors (Lipinski definition) is 0. The Labute approximate surface area is 93.8 Å². The molecule has 0 spiro atoms. The lowest BCUT2D eigenvalue weighted by molar-refractivity contribution is -0.131. The monoisotopic (exact) mass is 219 g/mol. The average molecular weight is 219 g/mol. The number of rotatable bonds is 1. The molecule has 0 N–H and O–H groups in total. The van der Waals surface area contributed by atoms with Crippen LogP contribution in [0, 0.1) is 0 Å². The first-order valence-corrected chi connectivity index (χ1v) is 5.17. The quantitative estimate of drug-likeness (QED) is 0.531. The molecule has 0 fully saturated rings. The number of carbonyl (C=O) groups excluding carboxylic acids is 2. The van der Waals surface area contributed by atoms with Gasteiger partial charge in [-0.15, -0.1) is 0 Å².